The number of hydrogen-bond donors (Lipinski definition) is 0. The second-order valence-electron chi connectivity index (χ2n) is 9.64. The maximum absolute atomic E-state index is 13.6. The molecule has 1 saturated carbocycles. The van der Waals surface area contributed by atoms with E-state index in [1.165, 1.54) is 32.1 Å². The first-order valence-corrected chi connectivity index (χ1v) is 12.3. The van der Waals surface area contributed by atoms with Gasteiger partial charge in [-0.3, -0.25) is 14.6 Å². The number of nitrogens with zero attached hydrogens (tertiary/aromatic N) is 5. The van der Waals surface area contributed by atoms with E-state index in [0.29, 0.717) is 24.8 Å². The molecule has 1 amide bonds. The van der Waals surface area contributed by atoms with Gasteiger partial charge in [-0.1, -0.05) is 25.3 Å². The topological polar surface area (TPSA) is 57.2 Å². The summed E-state index contributed by atoms with van der Waals surface area (Å²) in [5.41, 5.74) is 2.34. The van der Waals surface area contributed by atoms with Crippen LogP contribution in [0.3, 0.4) is 0 Å². The molecule has 1 saturated heterocycles. The van der Waals surface area contributed by atoms with E-state index in [-0.39, 0.29) is 5.91 Å². The van der Waals surface area contributed by atoms with Crippen LogP contribution in [0, 0.1) is 6.92 Å². The number of aromatic nitrogens is 2. The van der Waals surface area contributed by atoms with E-state index in [2.05, 4.69) is 21.2 Å². The third-order valence-electron chi connectivity index (χ3n) is 7.17. The average Bonchev–Trinajstić information content (AvgIpc) is 3.42. The van der Waals surface area contributed by atoms with Crippen molar-refractivity contribution in [2.24, 2.45) is 0 Å². The number of amides is 1. The van der Waals surface area contributed by atoms with Gasteiger partial charge in [0.2, 0.25) is 0 Å². The molecule has 2 aliphatic rings. The van der Waals surface area contributed by atoms with Crippen LogP contribution in [0.4, 0.5) is 0 Å². The Morgan fingerprint density at radius 3 is 2.58 bits per heavy atom. The second kappa shape index (κ2) is 9.69. The molecule has 0 spiro atoms. The predicted molar refractivity (Wildman–Crippen MR) is 128 cm³/mol. The molecule has 0 radical (unpaired) electrons. The molecule has 3 aromatic heterocycles. The molecule has 176 valence electrons. The quantitative estimate of drug-likeness (QED) is 0.570. The summed E-state index contributed by atoms with van der Waals surface area (Å²) in [7, 11) is 2.05. The Labute approximate surface area is 196 Å². The second-order valence-corrected chi connectivity index (χ2v) is 9.64. The number of hydrogen-bond acceptors (Lipinski definition) is 5. The van der Waals surface area contributed by atoms with E-state index in [4.69, 9.17) is 9.40 Å². The number of imidazole rings is 1. The van der Waals surface area contributed by atoms with Gasteiger partial charge in [-0.25, -0.2) is 4.98 Å². The Hall–Kier alpha value is -2.64. The van der Waals surface area contributed by atoms with Crippen LogP contribution in [-0.4, -0.2) is 69.3 Å². The normalized spacial score (nSPS) is 18.5. The summed E-state index contributed by atoms with van der Waals surface area (Å²) in [6.07, 6.45) is 8.69. The lowest BCUT2D eigenvalue weighted by molar-refractivity contribution is 0.0517. The minimum absolute atomic E-state index is 0.0548. The fourth-order valence-corrected chi connectivity index (χ4v) is 5.40. The number of furan rings is 1. The smallest absolute Gasteiger partial charge is 0.274 e. The molecule has 1 aliphatic carbocycles. The monoisotopic (exact) mass is 449 g/mol. The Kier molecular flexibility index (Phi) is 6.51. The maximum Gasteiger partial charge on any atom is 0.274 e. The number of pyridine rings is 1. The largest absolute Gasteiger partial charge is 0.465 e. The van der Waals surface area contributed by atoms with Gasteiger partial charge in [0, 0.05) is 45.0 Å². The van der Waals surface area contributed by atoms with Crippen LogP contribution in [0.5, 0.6) is 0 Å². The minimum atomic E-state index is 0.0548. The Morgan fingerprint density at radius 2 is 1.85 bits per heavy atom. The number of fused-ring (bicyclic) bond motifs is 1. The van der Waals surface area contributed by atoms with Gasteiger partial charge in [-0.2, -0.15) is 0 Å². The molecule has 33 heavy (non-hydrogen) atoms. The first kappa shape index (κ1) is 22.2. The van der Waals surface area contributed by atoms with Crippen LogP contribution in [0.25, 0.3) is 5.65 Å². The number of carbonyl (C=O) groups excluding carboxylic acids is 1. The number of aryl methyl sites for hydroxylation is 1. The summed E-state index contributed by atoms with van der Waals surface area (Å²) in [6.45, 7) is 6.76. The summed E-state index contributed by atoms with van der Waals surface area (Å²) in [5.74, 6) is 1.89. The Bertz CT molecular complexity index is 1090. The number of carbonyl (C=O) groups is 1. The van der Waals surface area contributed by atoms with E-state index in [1.54, 1.807) is 0 Å². The molecule has 0 aromatic carbocycles. The fraction of sp³-hybridized carbons (Fsp3) is 0.538. The zero-order valence-electron chi connectivity index (χ0n) is 19.9. The highest BCUT2D eigenvalue weighted by Crippen LogP contribution is 2.24. The van der Waals surface area contributed by atoms with Gasteiger partial charge in [0.25, 0.3) is 5.91 Å². The Morgan fingerprint density at radius 1 is 1.06 bits per heavy atom. The van der Waals surface area contributed by atoms with Crippen LogP contribution in [-0.2, 0) is 13.1 Å². The van der Waals surface area contributed by atoms with Crippen molar-refractivity contribution in [1.29, 1.82) is 0 Å². The molecule has 0 N–H and O–H groups in total. The fourth-order valence-electron chi connectivity index (χ4n) is 5.40. The molecule has 0 bridgehead atoms. The van der Waals surface area contributed by atoms with Gasteiger partial charge in [0.15, 0.2) is 5.69 Å². The van der Waals surface area contributed by atoms with Gasteiger partial charge in [0.05, 0.1) is 12.2 Å². The molecule has 7 nitrogen and oxygen atoms in total. The number of rotatable bonds is 6. The molecular formula is C26H35N5O2. The Balaban J connectivity index is 1.31. The molecule has 2 fully saturated rings. The summed E-state index contributed by atoms with van der Waals surface area (Å²) in [4.78, 5) is 25.2. The van der Waals surface area contributed by atoms with Crippen molar-refractivity contribution in [3.05, 3.63) is 59.4 Å². The predicted octanol–water partition coefficient (Wildman–Crippen LogP) is 3.96. The van der Waals surface area contributed by atoms with Crippen LogP contribution in [0.15, 0.2) is 40.9 Å². The van der Waals surface area contributed by atoms with Crippen LogP contribution in [0.1, 0.15) is 59.8 Å². The average molecular weight is 450 g/mol. The van der Waals surface area contributed by atoms with Crippen LogP contribution >= 0.6 is 0 Å². The van der Waals surface area contributed by atoms with Crippen molar-refractivity contribution in [2.45, 2.75) is 58.2 Å². The van der Waals surface area contributed by atoms with E-state index in [0.717, 1.165) is 49.0 Å². The number of piperazine rings is 1. The van der Waals surface area contributed by atoms with Crippen molar-refractivity contribution >= 4 is 11.6 Å². The van der Waals surface area contributed by atoms with Crippen LogP contribution in [0.2, 0.25) is 0 Å². The molecule has 0 atom stereocenters. The molecule has 7 heteroatoms. The van der Waals surface area contributed by atoms with E-state index < -0.39 is 0 Å². The van der Waals surface area contributed by atoms with E-state index in [1.807, 2.05) is 48.4 Å². The first-order chi connectivity index (χ1) is 16.1. The van der Waals surface area contributed by atoms with Gasteiger partial charge in [0.1, 0.15) is 17.2 Å². The highest BCUT2D eigenvalue weighted by molar-refractivity contribution is 5.94. The highest BCUT2D eigenvalue weighted by Gasteiger charge is 2.30. The van der Waals surface area contributed by atoms with Crippen molar-refractivity contribution in [1.82, 2.24) is 24.1 Å². The van der Waals surface area contributed by atoms with Crippen molar-refractivity contribution in [3.8, 4) is 0 Å². The lowest BCUT2D eigenvalue weighted by atomic mass is 9.94. The summed E-state index contributed by atoms with van der Waals surface area (Å²) >= 11 is 0. The lowest BCUT2D eigenvalue weighted by Gasteiger charge is -2.40. The maximum atomic E-state index is 13.6. The standard InChI is InChI=1S/C26H35N5O2/c1-20-11-12-22(33-20)18-28(2)19-23-25(27-24-10-6-7-13-31(23)24)26(32)30-16-14-29(15-17-30)21-8-4-3-5-9-21/h6-7,10-13,21H,3-5,8-9,14-19H2,1-2H3. The molecular weight excluding hydrogens is 414 g/mol. The third kappa shape index (κ3) is 4.84. The van der Waals surface area contributed by atoms with Crippen molar-refractivity contribution < 1.29 is 9.21 Å². The summed E-state index contributed by atoms with van der Waals surface area (Å²) in [6, 6.07) is 10.6. The summed E-state index contributed by atoms with van der Waals surface area (Å²) < 4.78 is 7.80. The third-order valence-corrected chi connectivity index (χ3v) is 7.17. The van der Waals surface area contributed by atoms with Gasteiger partial charge < -0.3 is 13.7 Å². The lowest BCUT2D eigenvalue weighted by Crippen LogP contribution is -2.52. The first-order valence-electron chi connectivity index (χ1n) is 12.3. The molecule has 0 unspecified atom stereocenters. The van der Waals surface area contributed by atoms with Gasteiger partial charge in [-0.05, 0) is 51.1 Å². The molecule has 3 aromatic rings. The molecule has 4 heterocycles. The van der Waals surface area contributed by atoms with Gasteiger partial charge >= 0.3 is 0 Å². The van der Waals surface area contributed by atoms with Gasteiger partial charge in [-0.15, -0.1) is 0 Å². The van der Waals surface area contributed by atoms with Crippen LogP contribution < -0.4 is 0 Å². The molecule has 1 aliphatic heterocycles. The highest BCUT2D eigenvalue weighted by atomic mass is 16.3. The SMILES string of the molecule is Cc1ccc(CN(C)Cc2c(C(=O)N3CCN(C4CCCCC4)CC3)nc3ccccn23)o1. The minimum Gasteiger partial charge on any atom is -0.465 e. The van der Waals surface area contributed by atoms with Crippen molar-refractivity contribution in [2.75, 3.05) is 33.2 Å². The summed E-state index contributed by atoms with van der Waals surface area (Å²) in [5, 5.41) is 0. The van der Waals surface area contributed by atoms with Crippen molar-refractivity contribution in [3.63, 3.8) is 0 Å². The van der Waals surface area contributed by atoms with E-state index >= 15 is 0 Å². The zero-order chi connectivity index (χ0) is 22.8. The zero-order valence-corrected chi connectivity index (χ0v) is 19.9. The molecule has 5 rings (SSSR count). The van der Waals surface area contributed by atoms with E-state index in [9.17, 15) is 4.79 Å².